The molecule has 0 spiro atoms. The van der Waals surface area contributed by atoms with E-state index in [9.17, 15) is 14.7 Å². The van der Waals surface area contributed by atoms with E-state index in [2.05, 4.69) is 15.6 Å². The van der Waals surface area contributed by atoms with Gasteiger partial charge in [0.05, 0.1) is 10.2 Å². The first-order valence-electron chi connectivity index (χ1n) is 7.75. The molecule has 0 fully saturated rings. The van der Waals surface area contributed by atoms with Gasteiger partial charge in [-0.2, -0.15) is 0 Å². The summed E-state index contributed by atoms with van der Waals surface area (Å²) in [6, 6.07) is 12.2. The number of carbonyl (C=O) groups excluding carboxylic acids is 2. The van der Waals surface area contributed by atoms with E-state index in [1.165, 1.54) is 18.3 Å². The van der Waals surface area contributed by atoms with Crippen LogP contribution in [0.3, 0.4) is 0 Å². The Morgan fingerprint density at radius 3 is 2.64 bits per heavy atom. The van der Waals surface area contributed by atoms with Crippen LogP contribution in [-0.4, -0.2) is 28.4 Å². The number of thiazole rings is 1. The van der Waals surface area contributed by atoms with Crippen LogP contribution in [0, 0.1) is 0 Å². The summed E-state index contributed by atoms with van der Waals surface area (Å²) in [6.07, 6.45) is 0.682. The van der Waals surface area contributed by atoms with Gasteiger partial charge < -0.3 is 15.7 Å². The normalized spacial score (nSPS) is 10.6. The standard InChI is InChI=1S/C18H17N3O3S/c1-11(22)20-18-21-15-7-4-13(10-16(15)25-18)17(24)19-9-8-12-2-5-14(23)6-3-12/h2-7,10,23H,8-9H2,1H3,(H,19,24)(H,20,21,22). The Kier molecular flexibility index (Phi) is 4.95. The lowest BCUT2D eigenvalue weighted by atomic mass is 10.1. The van der Waals surface area contributed by atoms with Crippen molar-refractivity contribution in [2.24, 2.45) is 0 Å². The third kappa shape index (κ3) is 4.33. The zero-order valence-electron chi connectivity index (χ0n) is 13.6. The third-order valence-electron chi connectivity index (χ3n) is 3.57. The predicted molar refractivity (Wildman–Crippen MR) is 98.1 cm³/mol. The van der Waals surface area contributed by atoms with Crippen molar-refractivity contribution in [2.45, 2.75) is 13.3 Å². The second-order valence-electron chi connectivity index (χ2n) is 5.56. The maximum absolute atomic E-state index is 12.3. The molecule has 2 amide bonds. The average molecular weight is 355 g/mol. The summed E-state index contributed by atoms with van der Waals surface area (Å²) >= 11 is 1.33. The maximum atomic E-state index is 12.3. The molecule has 0 unspecified atom stereocenters. The van der Waals surface area contributed by atoms with Crippen LogP contribution in [-0.2, 0) is 11.2 Å². The number of phenolic OH excluding ortho intramolecular Hbond substituents is 1. The zero-order chi connectivity index (χ0) is 17.8. The number of phenols is 1. The highest BCUT2D eigenvalue weighted by Crippen LogP contribution is 2.26. The van der Waals surface area contributed by atoms with E-state index < -0.39 is 0 Å². The van der Waals surface area contributed by atoms with Gasteiger partial charge in [-0.15, -0.1) is 0 Å². The number of aromatic nitrogens is 1. The fraction of sp³-hybridized carbons (Fsp3) is 0.167. The van der Waals surface area contributed by atoms with Crippen LogP contribution >= 0.6 is 11.3 Å². The maximum Gasteiger partial charge on any atom is 0.251 e. The minimum atomic E-state index is -0.175. The van der Waals surface area contributed by atoms with Crippen molar-refractivity contribution in [3.8, 4) is 5.75 Å². The molecular weight excluding hydrogens is 338 g/mol. The number of hydrogen-bond donors (Lipinski definition) is 3. The fourth-order valence-electron chi connectivity index (χ4n) is 2.35. The smallest absolute Gasteiger partial charge is 0.251 e. The largest absolute Gasteiger partial charge is 0.508 e. The molecule has 0 aliphatic rings. The Bertz CT molecular complexity index is 919. The fourth-order valence-corrected chi connectivity index (χ4v) is 3.31. The van der Waals surface area contributed by atoms with E-state index in [1.54, 1.807) is 30.3 Å². The number of amides is 2. The van der Waals surface area contributed by atoms with Gasteiger partial charge in [-0.05, 0) is 42.3 Å². The predicted octanol–water partition coefficient (Wildman–Crippen LogP) is 2.93. The number of nitrogens with one attached hydrogen (secondary N) is 2. The monoisotopic (exact) mass is 355 g/mol. The Morgan fingerprint density at radius 2 is 1.92 bits per heavy atom. The molecule has 0 saturated heterocycles. The molecule has 1 heterocycles. The summed E-state index contributed by atoms with van der Waals surface area (Å²) in [5.74, 6) is -0.106. The van der Waals surface area contributed by atoms with E-state index in [4.69, 9.17) is 0 Å². The van der Waals surface area contributed by atoms with Crippen LogP contribution in [0.5, 0.6) is 5.75 Å². The second-order valence-corrected chi connectivity index (χ2v) is 6.59. The number of rotatable bonds is 5. The molecule has 128 valence electrons. The summed E-state index contributed by atoms with van der Waals surface area (Å²) in [5, 5.41) is 15.3. The quantitative estimate of drug-likeness (QED) is 0.656. The van der Waals surface area contributed by atoms with Gasteiger partial charge in [-0.25, -0.2) is 4.98 Å². The van der Waals surface area contributed by atoms with Gasteiger partial charge in [-0.3, -0.25) is 9.59 Å². The first kappa shape index (κ1) is 16.9. The summed E-state index contributed by atoms with van der Waals surface area (Å²) in [5.41, 5.74) is 2.33. The molecule has 7 heteroatoms. The Labute approximate surface area is 148 Å². The highest BCUT2D eigenvalue weighted by molar-refractivity contribution is 7.22. The molecule has 3 N–H and O–H groups in total. The molecule has 3 rings (SSSR count). The van der Waals surface area contributed by atoms with Crippen LogP contribution in [0.25, 0.3) is 10.2 Å². The van der Waals surface area contributed by atoms with Crippen molar-refractivity contribution in [3.63, 3.8) is 0 Å². The van der Waals surface area contributed by atoms with Crippen molar-refractivity contribution >= 4 is 38.5 Å². The molecule has 0 atom stereocenters. The lowest BCUT2D eigenvalue weighted by Gasteiger charge is -2.05. The number of carbonyl (C=O) groups is 2. The van der Waals surface area contributed by atoms with E-state index in [0.717, 1.165) is 15.8 Å². The molecule has 6 nitrogen and oxygen atoms in total. The van der Waals surface area contributed by atoms with Gasteiger partial charge in [0, 0.05) is 19.0 Å². The molecule has 0 aliphatic heterocycles. The minimum absolute atomic E-state index is 0.157. The van der Waals surface area contributed by atoms with Crippen molar-refractivity contribution in [2.75, 3.05) is 11.9 Å². The number of aromatic hydroxyl groups is 1. The Morgan fingerprint density at radius 1 is 1.16 bits per heavy atom. The highest BCUT2D eigenvalue weighted by Gasteiger charge is 2.10. The van der Waals surface area contributed by atoms with Crippen LogP contribution in [0.1, 0.15) is 22.8 Å². The molecule has 3 aromatic rings. The van der Waals surface area contributed by atoms with E-state index in [-0.39, 0.29) is 17.6 Å². The summed E-state index contributed by atoms with van der Waals surface area (Å²) < 4.78 is 0.843. The summed E-state index contributed by atoms with van der Waals surface area (Å²) in [7, 11) is 0. The number of nitrogens with zero attached hydrogens (tertiary/aromatic N) is 1. The number of anilines is 1. The molecular formula is C18H17N3O3S. The lowest BCUT2D eigenvalue weighted by Crippen LogP contribution is -2.25. The molecule has 0 bridgehead atoms. The number of benzene rings is 2. The van der Waals surface area contributed by atoms with E-state index in [0.29, 0.717) is 23.7 Å². The second kappa shape index (κ2) is 7.31. The molecule has 0 saturated carbocycles. The number of hydrogen-bond acceptors (Lipinski definition) is 5. The molecule has 25 heavy (non-hydrogen) atoms. The van der Waals surface area contributed by atoms with E-state index >= 15 is 0 Å². The minimum Gasteiger partial charge on any atom is -0.508 e. The van der Waals surface area contributed by atoms with Gasteiger partial charge in [-0.1, -0.05) is 23.5 Å². The zero-order valence-corrected chi connectivity index (χ0v) is 14.4. The van der Waals surface area contributed by atoms with Gasteiger partial charge in [0.2, 0.25) is 5.91 Å². The van der Waals surface area contributed by atoms with Crippen LogP contribution in [0.15, 0.2) is 42.5 Å². The van der Waals surface area contributed by atoms with E-state index in [1.807, 2.05) is 12.1 Å². The third-order valence-corrected chi connectivity index (χ3v) is 4.50. The van der Waals surface area contributed by atoms with Crippen LogP contribution in [0.2, 0.25) is 0 Å². The molecule has 2 aromatic carbocycles. The topological polar surface area (TPSA) is 91.3 Å². The summed E-state index contributed by atoms with van der Waals surface area (Å²) in [6.45, 7) is 1.93. The Hall–Kier alpha value is -2.93. The summed E-state index contributed by atoms with van der Waals surface area (Å²) in [4.78, 5) is 27.7. The molecule has 1 aromatic heterocycles. The lowest BCUT2D eigenvalue weighted by molar-refractivity contribution is -0.114. The van der Waals surface area contributed by atoms with Crippen LogP contribution < -0.4 is 10.6 Å². The van der Waals surface area contributed by atoms with Gasteiger partial charge in [0.25, 0.3) is 5.91 Å². The van der Waals surface area contributed by atoms with Gasteiger partial charge in [0.15, 0.2) is 5.13 Å². The first-order chi connectivity index (χ1) is 12.0. The van der Waals surface area contributed by atoms with Crippen molar-refractivity contribution in [3.05, 3.63) is 53.6 Å². The van der Waals surface area contributed by atoms with Gasteiger partial charge >= 0.3 is 0 Å². The molecule has 0 aliphatic carbocycles. The first-order valence-corrected chi connectivity index (χ1v) is 8.57. The van der Waals surface area contributed by atoms with Crippen molar-refractivity contribution < 1.29 is 14.7 Å². The SMILES string of the molecule is CC(=O)Nc1nc2ccc(C(=O)NCCc3ccc(O)cc3)cc2s1. The average Bonchev–Trinajstić information content (AvgIpc) is 2.97. The number of fused-ring (bicyclic) bond motifs is 1. The van der Waals surface area contributed by atoms with Crippen molar-refractivity contribution in [1.82, 2.24) is 10.3 Å². The molecule has 0 radical (unpaired) electrons. The van der Waals surface area contributed by atoms with Gasteiger partial charge in [0.1, 0.15) is 5.75 Å². The Balaban J connectivity index is 1.63. The van der Waals surface area contributed by atoms with Crippen molar-refractivity contribution in [1.29, 1.82) is 0 Å². The van der Waals surface area contributed by atoms with Crippen LogP contribution in [0.4, 0.5) is 5.13 Å². The highest BCUT2D eigenvalue weighted by atomic mass is 32.1.